The summed E-state index contributed by atoms with van der Waals surface area (Å²) >= 11 is 3.21. The van der Waals surface area contributed by atoms with Gasteiger partial charge in [-0.3, -0.25) is 9.71 Å². The van der Waals surface area contributed by atoms with Gasteiger partial charge in [0.05, 0.1) is 22.3 Å². The quantitative estimate of drug-likeness (QED) is 0.876. The number of nitrogens with zero attached hydrogens (tertiary/aromatic N) is 1. The normalized spacial score (nSPS) is 11.1. The Balaban J connectivity index is 2.38. The van der Waals surface area contributed by atoms with Crippen LogP contribution in [0.2, 0.25) is 0 Å². The number of halogens is 1. The van der Waals surface area contributed by atoms with E-state index in [4.69, 9.17) is 5.11 Å². The third-order valence-electron chi connectivity index (χ3n) is 2.42. The Morgan fingerprint density at radius 1 is 1.20 bits per heavy atom. The van der Waals surface area contributed by atoms with E-state index in [1.165, 1.54) is 24.4 Å². The van der Waals surface area contributed by atoms with Crippen molar-refractivity contribution in [3.05, 3.63) is 52.8 Å². The van der Waals surface area contributed by atoms with Gasteiger partial charge in [0.15, 0.2) is 0 Å². The Bertz CT molecular complexity index is 744. The van der Waals surface area contributed by atoms with E-state index in [2.05, 4.69) is 25.6 Å². The molecule has 0 atom stereocenters. The summed E-state index contributed by atoms with van der Waals surface area (Å²) in [4.78, 5) is 14.8. The summed E-state index contributed by atoms with van der Waals surface area (Å²) < 4.78 is 27.2. The molecule has 1 aromatic heterocycles. The standard InChI is InChI=1S/C12H9BrN2O4S/c13-8-1-3-9(4-2-8)20(18,19)15-11-7-14-6-5-10(11)12(16)17/h1-7,15H,(H,16,17). The van der Waals surface area contributed by atoms with E-state index in [0.717, 1.165) is 10.7 Å². The average Bonchev–Trinajstić information content (AvgIpc) is 2.39. The topological polar surface area (TPSA) is 96.4 Å². The second kappa shape index (κ2) is 5.59. The maximum atomic E-state index is 12.1. The summed E-state index contributed by atoms with van der Waals surface area (Å²) in [5.41, 5.74) is -0.247. The molecule has 0 unspecified atom stereocenters. The number of sulfonamides is 1. The Hall–Kier alpha value is -1.93. The number of carboxylic acid groups (broad SMARTS) is 1. The van der Waals surface area contributed by atoms with Crippen molar-refractivity contribution in [3.8, 4) is 0 Å². The highest BCUT2D eigenvalue weighted by molar-refractivity contribution is 9.10. The van der Waals surface area contributed by atoms with Crippen LogP contribution >= 0.6 is 15.9 Å². The predicted molar refractivity (Wildman–Crippen MR) is 76.1 cm³/mol. The van der Waals surface area contributed by atoms with Crippen molar-refractivity contribution in [2.75, 3.05) is 4.72 Å². The monoisotopic (exact) mass is 356 g/mol. The minimum absolute atomic E-state index is 0.0286. The number of anilines is 1. The molecule has 0 saturated heterocycles. The second-order valence-electron chi connectivity index (χ2n) is 3.79. The summed E-state index contributed by atoms with van der Waals surface area (Å²) in [6.07, 6.45) is 2.43. The molecule has 0 radical (unpaired) electrons. The fourth-order valence-electron chi connectivity index (χ4n) is 1.48. The fourth-order valence-corrected chi connectivity index (χ4v) is 2.81. The number of pyridine rings is 1. The van der Waals surface area contributed by atoms with Gasteiger partial charge in [-0.25, -0.2) is 13.2 Å². The first kappa shape index (κ1) is 14.5. The van der Waals surface area contributed by atoms with E-state index < -0.39 is 16.0 Å². The number of carboxylic acids is 1. The van der Waals surface area contributed by atoms with Crippen LogP contribution in [0.1, 0.15) is 10.4 Å². The molecule has 6 nitrogen and oxygen atoms in total. The van der Waals surface area contributed by atoms with Gasteiger partial charge in [-0.05, 0) is 30.3 Å². The largest absolute Gasteiger partial charge is 0.478 e. The Morgan fingerprint density at radius 3 is 2.45 bits per heavy atom. The molecule has 2 rings (SSSR count). The molecule has 2 aromatic rings. The van der Waals surface area contributed by atoms with Crippen molar-refractivity contribution in [2.24, 2.45) is 0 Å². The molecular weight excluding hydrogens is 348 g/mol. The molecule has 0 aliphatic carbocycles. The highest BCUT2D eigenvalue weighted by Crippen LogP contribution is 2.20. The van der Waals surface area contributed by atoms with Crippen LogP contribution in [0, 0.1) is 0 Å². The molecule has 0 spiro atoms. The van der Waals surface area contributed by atoms with Crippen LogP contribution in [0.25, 0.3) is 0 Å². The highest BCUT2D eigenvalue weighted by atomic mass is 79.9. The molecule has 0 saturated carbocycles. The van der Waals surface area contributed by atoms with Crippen molar-refractivity contribution in [1.82, 2.24) is 4.98 Å². The first-order valence-electron chi connectivity index (χ1n) is 5.36. The van der Waals surface area contributed by atoms with Gasteiger partial charge in [-0.1, -0.05) is 15.9 Å². The summed E-state index contributed by atoms with van der Waals surface area (Å²) in [5.74, 6) is -1.24. The van der Waals surface area contributed by atoms with Crippen LogP contribution in [-0.2, 0) is 10.0 Å². The predicted octanol–water partition coefficient (Wildman–Crippen LogP) is 2.34. The molecule has 20 heavy (non-hydrogen) atoms. The molecule has 1 heterocycles. The van der Waals surface area contributed by atoms with E-state index in [1.807, 2.05) is 0 Å². The highest BCUT2D eigenvalue weighted by Gasteiger charge is 2.18. The molecule has 0 aliphatic rings. The van der Waals surface area contributed by atoms with E-state index >= 15 is 0 Å². The van der Waals surface area contributed by atoms with Crippen LogP contribution in [0.5, 0.6) is 0 Å². The number of aromatic carboxylic acids is 1. The molecule has 0 bridgehead atoms. The van der Waals surface area contributed by atoms with Gasteiger partial charge in [0, 0.05) is 10.7 Å². The van der Waals surface area contributed by atoms with Crippen LogP contribution in [-0.4, -0.2) is 24.5 Å². The maximum absolute atomic E-state index is 12.1. The number of carbonyl (C=O) groups is 1. The van der Waals surface area contributed by atoms with E-state index in [-0.39, 0.29) is 16.1 Å². The SMILES string of the molecule is O=C(O)c1ccncc1NS(=O)(=O)c1ccc(Br)cc1. The maximum Gasteiger partial charge on any atom is 0.337 e. The fraction of sp³-hybridized carbons (Fsp3) is 0. The van der Waals surface area contributed by atoms with E-state index in [9.17, 15) is 13.2 Å². The lowest BCUT2D eigenvalue weighted by atomic mass is 10.2. The summed E-state index contributed by atoms with van der Waals surface area (Å²) in [6, 6.07) is 7.19. The lowest BCUT2D eigenvalue weighted by Gasteiger charge is -2.09. The van der Waals surface area contributed by atoms with Crippen molar-refractivity contribution < 1.29 is 18.3 Å². The Morgan fingerprint density at radius 2 is 1.85 bits per heavy atom. The van der Waals surface area contributed by atoms with Crippen molar-refractivity contribution >= 4 is 37.6 Å². The first-order valence-corrected chi connectivity index (χ1v) is 7.63. The van der Waals surface area contributed by atoms with Gasteiger partial charge in [-0.2, -0.15) is 0 Å². The van der Waals surface area contributed by atoms with Gasteiger partial charge in [0.2, 0.25) is 0 Å². The van der Waals surface area contributed by atoms with E-state index in [1.54, 1.807) is 12.1 Å². The van der Waals surface area contributed by atoms with Crippen molar-refractivity contribution in [3.63, 3.8) is 0 Å². The van der Waals surface area contributed by atoms with Crippen LogP contribution < -0.4 is 4.72 Å². The number of aromatic nitrogens is 1. The van der Waals surface area contributed by atoms with E-state index in [0.29, 0.717) is 0 Å². The smallest absolute Gasteiger partial charge is 0.337 e. The van der Waals surface area contributed by atoms with Crippen molar-refractivity contribution in [2.45, 2.75) is 4.90 Å². The first-order chi connectivity index (χ1) is 9.40. The Labute approximate surface area is 123 Å². The molecule has 8 heteroatoms. The zero-order chi connectivity index (χ0) is 14.8. The van der Waals surface area contributed by atoms with Gasteiger partial charge in [0.25, 0.3) is 10.0 Å². The van der Waals surface area contributed by atoms with Crippen LogP contribution in [0.4, 0.5) is 5.69 Å². The van der Waals surface area contributed by atoms with Crippen molar-refractivity contribution in [1.29, 1.82) is 0 Å². The summed E-state index contributed by atoms with van der Waals surface area (Å²) in [5, 5.41) is 9.00. The number of hydrogen-bond donors (Lipinski definition) is 2. The molecule has 2 N–H and O–H groups in total. The van der Waals surface area contributed by atoms with Crippen LogP contribution in [0.15, 0.2) is 52.1 Å². The third kappa shape index (κ3) is 3.14. The summed E-state index contributed by atoms with van der Waals surface area (Å²) in [7, 11) is -3.86. The number of rotatable bonds is 4. The zero-order valence-electron chi connectivity index (χ0n) is 9.95. The lowest BCUT2D eigenvalue weighted by Crippen LogP contribution is -2.15. The molecule has 0 fully saturated rings. The zero-order valence-corrected chi connectivity index (χ0v) is 12.3. The molecule has 0 aliphatic heterocycles. The van der Waals surface area contributed by atoms with Crippen LogP contribution in [0.3, 0.4) is 0 Å². The van der Waals surface area contributed by atoms with Gasteiger partial charge in [0.1, 0.15) is 0 Å². The average molecular weight is 357 g/mol. The Kier molecular flexibility index (Phi) is 4.05. The molecule has 104 valence electrons. The lowest BCUT2D eigenvalue weighted by molar-refractivity contribution is 0.0698. The number of hydrogen-bond acceptors (Lipinski definition) is 4. The minimum Gasteiger partial charge on any atom is -0.478 e. The van der Waals surface area contributed by atoms with Gasteiger partial charge in [-0.15, -0.1) is 0 Å². The molecule has 0 amide bonds. The second-order valence-corrected chi connectivity index (χ2v) is 6.38. The minimum atomic E-state index is -3.86. The van der Waals surface area contributed by atoms with Gasteiger partial charge < -0.3 is 5.11 Å². The molecule has 1 aromatic carbocycles. The molecular formula is C12H9BrN2O4S. The van der Waals surface area contributed by atoms with Gasteiger partial charge >= 0.3 is 5.97 Å². The number of benzene rings is 1. The number of nitrogens with one attached hydrogen (secondary N) is 1. The summed E-state index contributed by atoms with van der Waals surface area (Å²) in [6.45, 7) is 0. The third-order valence-corrected chi connectivity index (χ3v) is 4.33.